The van der Waals surface area contributed by atoms with Crippen LogP contribution >= 0.6 is 0 Å². The Morgan fingerprint density at radius 3 is 2.33 bits per heavy atom. The molecule has 0 N–H and O–H groups in total. The standard InChI is InChI=1S/C17H24O/c1-7-8-10(2)17-16-14(6)12(4)11(3)13(5)15(16)9-18-17/h17H,2,7-9H2,1,3-6H3. The first-order valence-corrected chi connectivity index (χ1v) is 6.87. The Labute approximate surface area is 111 Å². The van der Waals surface area contributed by atoms with Gasteiger partial charge in [0.15, 0.2) is 0 Å². The van der Waals surface area contributed by atoms with Crippen molar-refractivity contribution in [2.75, 3.05) is 0 Å². The quantitative estimate of drug-likeness (QED) is 0.691. The summed E-state index contributed by atoms with van der Waals surface area (Å²) in [7, 11) is 0. The predicted molar refractivity (Wildman–Crippen MR) is 77.0 cm³/mol. The zero-order valence-corrected chi connectivity index (χ0v) is 12.3. The maximum atomic E-state index is 6.01. The highest BCUT2D eigenvalue weighted by molar-refractivity contribution is 5.53. The van der Waals surface area contributed by atoms with Crippen LogP contribution < -0.4 is 0 Å². The second kappa shape index (κ2) is 4.89. The van der Waals surface area contributed by atoms with Crippen LogP contribution in [0.5, 0.6) is 0 Å². The Morgan fingerprint density at radius 1 is 1.11 bits per heavy atom. The lowest BCUT2D eigenvalue weighted by atomic mass is 9.86. The fourth-order valence-electron chi connectivity index (χ4n) is 2.98. The van der Waals surface area contributed by atoms with Crippen LogP contribution in [0.3, 0.4) is 0 Å². The Morgan fingerprint density at radius 2 is 1.72 bits per heavy atom. The molecule has 18 heavy (non-hydrogen) atoms. The first-order valence-electron chi connectivity index (χ1n) is 6.87. The molecule has 1 heterocycles. The first kappa shape index (κ1) is 13.4. The lowest BCUT2D eigenvalue weighted by Crippen LogP contribution is -2.05. The van der Waals surface area contributed by atoms with E-state index in [0.29, 0.717) is 0 Å². The molecule has 98 valence electrons. The summed E-state index contributed by atoms with van der Waals surface area (Å²) in [5, 5.41) is 0. The van der Waals surface area contributed by atoms with Gasteiger partial charge in [-0.05, 0) is 73.1 Å². The molecule has 0 saturated carbocycles. The van der Waals surface area contributed by atoms with E-state index in [1.165, 1.54) is 39.0 Å². The third-order valence-corrected chi connectivity index (χ3v) is 4.47. The third kappa shape index (κ3) is 1.91. The molecule has 1 aliphatic rings. The molecule has 1 unspecified atom stereocenters. The second-order valence-corrected chi connectivity index (χ2v) is 5.49. The van der Waals surface area contributed by atoms with Gasteiger partial charge in [0, 0.05) is 0 Å². The fraction of sp³-hybridized carbons (Fsp3) is 0.529. The minimum absolute atomic E-state index is 0.123. The molecule has 0 saturated heterocycles. The zero-order valence-electron chi connectivity index (χ0n) is 12.3. The molecule has 1 atom stereocenters. The van der Waals surface area contributed by atoms with E-state index in [-0.39, 0.29) is 6.10 Å². The Balaban J connectivity index is 2.53. The fourth-order valence-corrected chi connectivity index (χ4v) is 2.98. The van der Waals surface area contributed by atoms with Crippen molar-refractivity contribution in [3.8, 4) is 0 Å². The van der Waals surface area contributed by atoms with E-state index in [2.05, 4.69) is 41.2 Å². The molecule has 0 radical (unpaired) electrons. The van der Waals surface area contributed by atoms with Gasteiger partial charge in [0.1, 0.15) is 6.10 Å². The van der Waals surface area contributed by atoms with E-state index >= 15 is 0 Å². The Kier molecular flexibility index (Phi) is 3.63. The monoisotopic (exact) mass is 244 g/mol. The van der Waals surface area contributed by atoms with Gasteiger partial charge in [-0.25, -0.2) is 0 Å². The lowest BCUT2D eigenvalue weighted by Gasteiger charge is -2.19. The molecule has 1 nitrogen and oxygen atoms in total. The summed E-state index contributed by atoms with van der Waals surface area (Å²) in [6.07, 6.45) is 2.31. The summed E-state index contributed by atoms with van der Waals surface area (Å²) in [4.78, 5) is 0. The molecule has 1 aliphatic heterocycles. The molecule has 2 rings (SSSR count). The van der Waals surface area contributed by atoms with Crippen LogP contribution in [-0.4, -0.2) is 0 Å². The molecule has 1 heteroatoms. The van der Waals surface area contributed by atoms with Crippen molar-refractivity contribution in [3.05, 3.63) is 45.5 Å². The van der Waals surface area contributed by atoms with Crippen molar-refractivity contribution in [2.45, 2.75) is 60.2 Å². The summed E-state index contributed by atoms with van der Waals surface area (Å²) in [6, 6.07) is 0. The Bertz CT molecular complexity index is 497. The summed E-state index contributed by atoms with van der Waals surface area (Å²) in [6.45, 7) is 16.0. The highest BCUT2D eigenvalue weighted by Crippen LogP contribution is 2.42. The lowest BCUT2D eigenvalue weighted by molar-refractivity contribution is 0.0886. The van der Waals surface area contributed by atoms with Gasteiger partial charge >= 0.3 is 0 Å². The molecular weight excluding hydrogens is 220 g/mol. The van der Waals surface area contributed by atoms with Crippen molar-refractivity contribution in [1.82, 2.24) is 0 Å². The molecule has 0 amide bonds. The van der Waals surface area contributed by atoms with E-state index in [1.54, 1.807) is 0 Å². The predicted octanol–water partition coefficient (Wildman–Crippen LogP) is 4.85. The molecule has 1 aromatic rings. The van der Waals surface area contributed by atoms with E-state index in [4.69, 9.17) is 4.74 Å². The molecule has 1 aromatic carbocycles. The number of hydrogen-bond donors (Lipinski definition) is 0. The normalized spacial score (nSPS) is 17.9. The zero-order chi connectivity index (χ0) is 13.4. The number of hydrogen-bond acceptors (Lipinski definition) is 1. The van der Waals surface area contributed by atoms with Gasteiger partial charge in [0.05, 0.1) is 6.61 Å². The van der Waals surface area contributed by atoms with Crippen LogP contribution in [0.1, 0.15) is 59.3 Å². The van der Waals surface area contributed by atoms with E-state index < -0.39 is 0 Å². The van der Waals surface area contributed by atoms with Crippen molar-refractivity contribution in [2.24, 2.45) is 0 Å². The van der Waals surface area contributed by atoms with Gasteiger partial charge in [-0.2, -0.15) is 0 Å². The largest absolute Gasteiger partial charge is 0.364 e. The van der Waals surface area contributed by atoms with E-state index in [0.717, 1.165) is 19.4 Å². The molecule has 0 aromatic heterocycles. The molecular formula is C17H24O. The van der Waals surface area contributed by atoms with Crippen LogP contribution in [0.25, 0.3) is 0 Å². The van der Waals surface area contributed by atoms with Gasteiger partial charge < -0.3 is 4.74 Å². The summed E-state index contributed by atoms with van der Waals surface area (Å²) in [5.74, 6) is 0. The highest BCUT2D eigenvalue weighted by Gasteiger charge is 2.29. The second-order valence-electron chi connectivity index (χ2n) is 5.49. The van der Waals surface area contributed by atoms with Crippen molar-refractivity contribution >= 4 is 0 Å². The molecule has 0 spiro atoms. The van der Waals surface area contributed by atoms with E-state index in [9.17, 15) is 0 Å². The van der Waals surface area contributed by atoms with Crippen molar-refractivity contribution in [1.29, 1.82) is 0 Å². The molecule has 0 bridgehead atoms. The highest BCUT2D eigenvalue weighted by atomic mass is 16.5. The minimum Gasteiger partial charge on any atom is -0.364 e. The van der Waals surface area contributed by atoms with Crippen LogP contribution in [0, 0.1) is 27.7 Å². The summed E-state index contributed by atoms with van der Waals surface area (Å²) in [5.41, 5.74) is 9.64. The molecule has 0 aliphatic carbocycles. The topological polar surface area (TPSA) is 9.23 Å². The minimum atomic E-state index is 0.123. The van der Waals surface area contributed by atoms with Crippen molar-refractivity contribution in [3.63, 3.8) is 0 Å². The maximum absolute atomic E-state index is 6.01. The number of benzene rings is 1. The van der Waals surface area contributed by atoms with Crippen LogP contribution in [0.4, 0.5) is 0 Å². The van der Waals surface area contributed by atoms with Crippen LogP contribution in [-0.2, 0) is 11.3 Å². The smallest absolute Gasteiger partial charge is 0.104 e. The molecule has 0 fully saturated rings. The number of ether oxygens (including phenoxy) is 1. The first-order chi connectivity index (χ1) is 8.49. The van der Waals surface area contributed by atoms with Gasteiger partial charge in [0.25, 0.3) is 0 Å². The third-order valence-electron chi connectivity index (χ3n) is 4.47. The SMILES string of the molecule is C=C(CCC)C1OCc2c(C)c(C)c(C)c(C)c21. The summed E-state index contributed by atoms with van der Waals surface area (Å²) < 4.78 is 6.01. The van der Waals surface area contributed by atoms with Gasteiger partial charge in [0.2, 0.25) is 0 Å². The van der Waals surface area contributed by atoms with Gasteiger partial charge in [-0.1, -0.05) is 19.9 Å². The average molecular weight is 244 g/mol. The van der Waals surface area contributed by atoms with Gasteiger partial charge in [-0.3, -0.25) is 0 Å². The van der Waals surface area contributed by atoms with Crippen LogP contribution in [0.2, 0.25) is 0 Å². The Hall–Kier alpha value is -1.08. The van der Waals surface area contributed by atoms with Crippen LogP contribution in [0.15, 0.2) is 12.2 Å². The number of rotatable bonds is 3. The number of fused-ring (bicyclic) bond motifs is 1. The van der Waals surface area contributed by atoms with E-state index in [1.807, 2.05) is 0 Å². The van der Waals surface area contributed by atoms with Gasteiger partial charge in [-0.15, -0.1) is 0 Å². The maximum Gasteiger partial charge on any atom is 0.104 e. The van der Waals surface area contributed by atoms with Crippen molar-refractivity contribution < 1.29 is 4.74 Å². The average Bonchev–Trinajstić information content (AvgIpc) is 2.79. The summed E-state index contributed by atoms with van der Waals surface area (Å²) >= 11 is 0.